The highest BCUT2D eigenvalue weighted by molar-refractivity contribution is 5.98. The summed E-state index contributed by atoms with van der Waals surface area (Å²) in [5.74, 6) is 0.809. The fourth-order valence-corrected chi connectivity index (χ4v) is 5.19. The van der Waals surface area contributed by atoms with Crippen molar-refractivity contribution in [2.75, 3.05) is 0 Å². The van der Waals surface area contributed by atoms with Crippen LogP contribution in [0.4, 0.5) is 0 Å². The number of carbonyl (C=O) groups is 2. The van der Waals surface area contributed by atoms with Crippen molar-refractivity contribution in [3.63, 3.8) is 0 Å². The van der Waals surface area contributed by atoms with Crippen LogP contribution in [0.2, 0.25) is 0 Å². The Morgan fingerprint density at radius 3 is 1.95 bits per heavy atom. The van der Waals surface area contributed by atoms with Gasteiger partial charge in [0.2, 0.25) is 0 Å². The molecular weight excluding hydrogens is 268 g/mol. The molecule has 4 nitrogen and oxygen atoms in total. The van der Waals surface area contributed by atoms with Crippen LogP contribution in [0.15, 0.2) is 0 Å². The molecule has 4 heteroatoms. The van der Waals surface area contributed by atoms with E-state index in [9.17, 15) is 14.7 Å². The summed E-state index contributed by atoms with van der Waals surface area (Å²) < 4.78 is 5.97. The molecule has 0 heterocycles. The molecule has 0 amide bonds. The zero-order valence-electron chi connectivity index (χ0n) is 13.2. The summed E-state index contributed by atoms with van der Waals surface area (Å²) in [4.78, 5) is 23.8. The van der Waals surface area contributed by atoms with Gasteiger partial charge in [0.1, 0.15) is 5.60 Å². The van der Waals surface area contributed by atoms with Crippen LogP contribution in [0, 0.1) is 29.1 Å². The lowest BCUT2D eigenvalue weighted by atomic mass is 9.49. The van der Waals surface area contributed by atoms with Gasteiger partial charge < -0.3 is 9.84 Å². The number of aliphatic carboxylic acids is 1. The SMILES string of the molecule is CCC1(OC(=O)C(C)(C)C(=O)O)C2CC3CC(C2)CC1C3. The number of rotatable bonds is 4. The Morgan fingerprint density at radius 1 is 1.10 bits per heavy atom. The van der Waals surface area contributed by atoms with E-state index in [1.165, 1.54) is 20.3 Å². The molecule has 4 bridgehead atoms. The smallest absolute Gasteiger partial charge is 0.323 e. The zero-order valence-corrected chi connectivity index (χ0v) is 13.2. The Hall–Kier alpha value is -1.06. The van der Waals surface area contributed by atoms with E-state index in [4.69, 9.17) is 4.74 Å². The van der Waals surface area contributed by atoms with Crippen molar-refractivity contribution in [3.05, 3.63) is 0 Å². The third-order valence-electron chi connectivity index (χ3n) is 6.40. The molecule has 4 fully saturated rings. The summed E-state index contributed by atoms with van der Waals surface area (Å²) in [6.07, 6.45) is 6.77. The molecule has 0 spiro atoms. The maximum absolute atomic E-state index is 12.5. The molecule has 118 valence electrons. The molecule has 0 aliphatic heterocycles. The minimum Gasteiger partial charge on any atom is -0.480 e. The molecule has 0 aromatic rings. The van der Waals surface area contributed by atoms with Gasteiger partial charge in [-0.05, 0) is 76.0 Å². The Balaban J connectivity index is 1.85. The van der Waals surface area contributed by atoms with E-state index in [0.29, 0.717) is 11.8 Å². The number of carboxylic acid groups (broad SMARTS) is 1. The summed E-state index contributed by atoms with van der Waals surface area (Å²) >= 11 is 0. The van der Waals surface area contributed by atoms with Crippen molar-refractivity contribution < 1.29 is 19.4 Å². The first-order chi connectivity index (χ1) is 9.79. The van der Waals surface area contributed by atoms with Crippen molar-refractivity contribution >= 4 is 11.9 Å². The Morgan fingerprint density at radius 2 is 1.57 bits per heavy atom. The number of ether oxygens (including phenoxy) is 1. The van der Waals surface area contributed by atoms with E-state index in [0.717, 1.165) is 43.9 Å². The highest BCUT2D eigenvalue weighted by Gasteiger charge is 2.59. The molecule has 0 atom stereocenters. The Bertz CT molecular complexity index is 437. The fraction of sp³-hybridized carbons (Fsp3) is 0.882. The van der Waals surface area contributed by atoms with E-state index in [-0.39, 0.29) is 0 Å². The van der Waals surface area contributed by atoms with E-state index in [1.807, 2.05) is 0 Å². The van der Waals surface area contributed by atoms with Gasteiger partial charge in [-0.3, -0.25) is 9.59 Å². The molecule has 21 heavy (non-hydrogen) atoms. The fourth-order valence-electron chi connectivity index (χ4n) is 5.19. The van der Waals surface area contributed by atoms with Crippen LogP contribution >= 0.6 is 0 Å². The molecular formula is C17H26O4. The normalized spacial score (nSPS) is 41.1. The van der Waals surface area contributed by atoms with Crippen molar-refractivity contribution in [2.45, 2.75) is 64.9 Å². The van der Waals surface area contributed by atoms with Gasteiger partial charge in [0.05, 0.1) is 0 Å². The first-order valence-corrected chi connectivity index (χ1v) is 8.26. The second-order valence-electron chi connectivity index (χ2n) is 7.93. The topological polar surface area (TPSA) is 63.6 Å². The van der Waals surface area contributed by atoms with Gasteiger partial charge in [0.25, 0.3) is 0 Å². The first kappa shape index (κ1) is 14.9. The average molecular weight is 294 g/mol. The summed E-state index contributed by atoms with van der Waals surface area (Å²) in [6, 6.07) is 0. The van der Waals surface area contributed by atoms with E-state index >= 15 is 0 Å². The number of esters is 1. The quantitative estimate of drug-likeness (QED) is 0.638. The molecule has 1 N–H and O–H groups in total. The molecule has 0 aromatic carbocycles. The lowest BCUT2D eigenvalue weighted by molar-refractivity contribution is -0.219. The van der Waals surface area contributed by atoms with Crippen LogP contribution in [0.3, 0.4) is 0 Å². The summed E-state index contributed by atoms with van der Waals surface area (Å²) in [7, 11) is 0. The van der Waals surface area contributed by atoms with E-state index in [1.54, 1.807) is 0 Å². The predicted octanol–water partition coefficient (Wildman–Crippen LogP) is 3.25. The lowest BCUT2D eigenvalue weighted by Gasteiger charge is -2.60. The van der Waals surface area contributed by atoms with Crippen LogP contribution in [0.25, 0.3) is 0 Å². The maximum Gasteiger partial charge on any atom is 0.323 e. The first-order valence-electron chi connectivity index (χ1n) is 8.26. The van der Waals surface area contributed by atoms with Crippen LogP contribution in [0.1, 0.15) is 59.3 Å². The largest absolute Gasteiger partial charge is 0.480 e. The second kappa shape index (κ2) is 4.72. The molecule has 0 unspecified atom stereocenters. The Labute approximate surface area is 126 Å². The van der Waals surface area contributed by atoms with Gasteiger partial charge >= 0.3 is 11.9 Å². The van der Waals surface area contributed by atoms with Gasteiger partial charge in [-0.25, -0.2) is 0 Å². The van der Waals surface area contributed by atoms with E-state index in [2.05, 4.69) is 6.92 Å². The summed E-state index contributed by atoms with van der Waals surface area (Å²) in [5, 5.41) is 9.25. The van der Waals surface area contributed by atoms with Gasteiger partial charge in [0.15, 0.2) is 5.41 Å². The van der Waals surface area contributed by atoms with Crippen LogP contribution in [-0.2, 0) is 14.3 Å². The third kappa shape index (κ3) is 2.09. The highest BCUT2D eigenvalue weighted by Crippen LogP contribution is 2.60. The molecule has 4 rings (SSSR count). The minimum absolute atomic E-state index is 0.406. The molecule has 4 aliphatic rings. The van der Waals surface area contributed by atoms with Crippen molar-refractivity contribution in [3.8, 4) is 0 Å². The van der Waals surface area contributed by atoms with E-state index < -0.39 is 23.0 Å². The number of hydrogen-bond donors (Lipinski definition) is 1. The van der Waals surface area contributed by atoms with Crippen LogP contribution in [0.5, 0.6) is 0 Å². The molecule has 4 saturated carbocycles. The molecule has 0 aromatic heterocycles. The third-order valence-corrected chi connectivity index (χ3v) is 6.40. The van der Waals surface area contributed by atoms with Crippen molar-refractivity contribution in [1.29, 1.82) is 0 Å². The van der Waals surface area contributed by atoms with Gasteiger partial charge in [0, 0.05) is 0 Å². The lowest BCUT2D eigenvalue weighted by Crippen LogP contribution is -2.60. The number of carboxylic acids is 1. The highest BCUT2D eigenvalue weighted by atomic mass is 16.6. The van der Waals surface area contributed by atoms with Gasteiger partial charge in [-0.15, -0.1) is 0 Å². The second-order valence-corrected chi connectivity index (χ2v) is 7.93. The Kier molecular flexibility index (Phi) is 3.34. The van der Waals surface area contributed by atoms with Crippen LogP contribution < -0.4 is 0 Å². The average Bonchev–Trinajstić information content (AvgIpc) is 2.41. The number of hydrogen-bond acceptors (Lipinski definition) is 3. The standard InChI is InChI=1S/C17H26O4/c1-4-17(21-15(20)16(2,3)14(18)19)12-6-10-5-11(8-12)9-13(17)7-10/h10-13H,4-9H2,1-3H3,(H,18,19). The van der Waals surface area contributed by atoms with Crippen molar-refractivity contribution in [2.24, 2.45) is 29.1 Å². The predicted molar refractivity (Wildman–Crippen MR) is 77.6 cm³/mol. The molecule has 0 saturated heterocycles. The van der Waals surface area contributed by atoms with Crippen LogP contribution in [-0.4, -0.2) is 22.6 Å². The molecule has 4 aliphatic carbocycles. The number of carbonyl (C=O) groups excluding carboxylic acids is 1. The monoisotopic (exact) mass is 294 g/mol. The molecule has 0 radical (unpaired) electrons. The zero-order chi connectivity index (χ0) is 15.4. The van der Waals surface area contributed by atoms with Crippen molar-refractivity contribution in [1.82, 2.24) is 0 Å². The van der Waals surface area contributed by atoms with Gasteiger partial charge in [-0.1, -0.05) is 6.92 Å². The minimum atomic E-state index is -1.46. The summed E-state index contributed by atoms with van der Waals surface area (Å²) in [6.45, 7) is 4.97. The maximum atomic E-state index is 12.5. The van der Waals surface area contributed by atoms with Gasteiger partial charge in [-0.2, -0.15) is 0 Å². The summed E-state index contributed by atoms with van der Waals surface area (Å²) in [5.41, 5.74) is -1.87.